The Balaban J connectivity index is 1.93. The van der Waals surface area contributed by atoms with Gasteiger partial charge in [0, 0.05) is 23.0 Å². The maximum atomic E-state index is 12.9. The van der Waals surface area contributed by atoms with Crippen LogP contribution in [0.5, 0.6) is 0 Å². The molecular formula is C24H25NO5S3. The van der Waals surface area contributed by atoms with Gasteiger partial charge in [0.2, 0.25) is 5.91 Å². The van der Waals surface area contributed by atoms with E-state index in [1.165, 1.54) is 35.3 Å². The maximum absolute atomic E-state index is 12.9. The van der Waals surface area contributed by atoms with Crippen LogP contribution in [0.4, 0.5) is 5.69 Å². The molecule has 0 radical (unpaired) electrons. The fourth-order valence-corrected chi connectivity index (χ4v) is 8.69. The molecule has 1 spiro atoms. The largest absolute Gasteiger partial charge is 0.462 e. The molecule has 1 amide bonds. The molecule has 4 rings (SSSR count). The van der Waals surface area contributed by atoms with E-state index in [-0.39, 0.29) is 25.1 Å². The average molecular weight is 504 g/mol. The van der Waals surface area contributed by atoms with Crippen molar-refractivity contribution in [1.29, 1.82) is 0 Å². The van der Waals surface area contributed by atoms with Crippen molar-refractivity contribution in [3.05, 3.63) is 56.0 Å². The number of amides is 1. The standard InChI is InChI=1S/C24H25NO5S3/c1-6-29-21(27)17-12-24(31-13-18(33-24)22(28)30-7-2)19-15-10-8-9-11-16(15)25(14(3)26)23(4,5)20(19)32-17/h8-13H,6-7H2,1-5H3. The lowest BCUT2D eigenvalue weighted by molar-refractivity contribution is -0.138. The third kappa shape index (κ3) is 3.94. The smallest absolute Gasteiger partial charge is 0.345 e. The van der Waals surface area contributed by atoms with E-state index in [4.69, 9.17) is 9.47 Å². The van der Waals surface area contributed by atoms with E-state index >= 15 is 0 Å². The predicted molar refractivity (Wildman–Crippen MR) is 136 cm³/mol. The van der Waals surface area contributed by atoms with E-state index in [1.54, 1.807) is 31.1 Å². The van der Waals surface area contributed by atoms with Crippen molar-refractivity contribution in [1.82, 2.24) is 0 Å². The SMILES string of the molecule is CCOC(=O)C1=CC2(SC=C(C(=O)OCC)S2)C2=C(S1)C(C)(C)N(C(C)=O)c1ccccc12. The first-order valence-electron chi connectivity index (χ1n) is 10.6. The number of para-hydroxylation sites is 1. The molecule has 9 heteroatoms. The Labute approximate surface area is 206 Å². The number of nitrogens with zero attached hydrogens (tertiary/aromatic N) is 1. The molecule has 0 aromatic heterocycles. The molecule has 174 valence electrons. The van der Waals surface area contributed by atoms with Crippen molar-refractivity contribution < 1.29 is 23.9 Å². The van der Waals surface area contributed by atoms with Crippen molar-refractivity contribution in [3.63, 3.8) is 0 Å². The second-order valence-electron chi connectivity index (χ2n) is 8.06. The second-order valence-corrected chi connectivity index (χ2v) is 11.8. The summed E-state index contributed by atoms with van der Waals surface area (Å²) in [7, 11) is 0. The summed E-state index contributed by atoms with van der Waals surface area (Å²) in [6, 6.07) is 7.78. The maximum Gasteiger partial charge on any atom is 0.345 e. The highest BCUT2D eigenvalue weighted by Crippen LogP contribution is 2.66. The van der Waals surface area contributed by atoms with Crippen LogP contribution in [0, 0.1) is 0 Å². The van der Waals surface area contributed by atoms with Crippen LogP contribution in [0.25, 0.3) is 5.57 Å². The first-order chi connectivity index (χ1) is 15.7. The van der Waals surface area contributed by atoms with Crippen molar-refractivity contribution in [2.75, 3.05) is 18.1 Å². The number of thioether (sulfide) groups is 3. The van der Waals surface area contributed by atoms with E-state index in [2.05, 4.69) is 0 Å². The third-order valence-corrected chi connectivity index (χ3v) is 9.76. The van der Waals surface area contributed by atoms with Crippen LogP contribution in [0.2, 0.25) is 0 Å². The number of carbonyl (C=O) groups excluding carboxylic acids is 3. The van der Waals surface area contributed by atoms with Crippen LogP contribution in [-0.4, -0.2) is 40.7 Å². The Hall–Kier alpha value is -2.10. The summed E-state index contributed by atoms with van der Waals surface area (Å²) < 4.78 is 9.81. The Morgan fingerprint density at radius 2 is 1.64 bits per heavy atom. The molecule has 3 aliphatic heterocycles. The first-order valence-corrected chi connectivity index (χ1v) is 13.1. The molecule has 0 fully saturated rings. The van der Waals surface area contributed by atoms with Gasteiger partial charge in [0.25, 0.3) is 0 Å². The van der Waals surface area contributed by atoms with Crippen LogP contribution in [0.3, 0.4) is 0 Å². The molecule has 0 saturated heterocycles. The molecule has 0 bridgehead atoms. The molecule has 1 aromatic carbocycles. The van der Waals surface area contributed by atoms with E-state index in [0.29, 0.717) is 9.81 Å². The molecule has 0 N–H and O–H groups in total. The van der Waals surface area contributed by atoms with Gasteiger partial charge in [-0.15, -0.1) is 11.8 Å². The number of carbonyl (C=O) groups is 3. The zero-order valence-electron chi connectivity index (χ0n) is 19.1. The predicted octanol–water partition coefficient (Wildman–Crippen LogP) is 5.32. The molecule has 1 atom stereocenters. The van der Waals surface area contributed by atoms with Gasteiger partial charge >= 0.3 is 11.9 Å². The van der Waals surface area contributed by atoms with Gasteiger partial charge < -0.3 is 14.4 Å². The fraction of sp³-hybridized carbons (Fsp3) is 0.375. The van der Waals surface area contributed by atoms with Gasteiger partial charge in [-0.05, 0) is 45.2 Å². The Kier molecular flexibility index (Phi) is 6.50. The number of hydrogen-bond acceptors (Lipinski definition) is 8. The van der Waals surface area contributed by atoms with Gasteiger partial charge in [-0.25, -0.2) is 9.59 Å². The zero-order valence-corrected chi connectivity index (χ0v) is 21.5. The number of ether oxygens (including phenoxy) is 2. The van der Waals surface area contributed by atoms with Gasteiger partial charge in [0.1, 0.15) is 8.98 Å². The normalized spacial score (nSPS) is 22.9. The van der Waals surface area contributed by atoms with E-state index in [1.807, 2.05) is 44.2 Å². The summed E-state index contributed by atoms with van der Waals surface area (Å²) in [6.45, 7) is 9.60. The first kappa shape index (κ1) is 24.0. The summed E-state index contributed by atoms with van der Waals surface area (Å²) >= 11 is 4.18. The highest BCUT2D eigenvalue weighted by Gasteiger charge is 2.53. The van der Waals surface area contributed by atoms with Crippen LogP contribution >= 0.6 is 35.3 Å². The van der Waals surface area contributed by atoms with Crippen molar-refractivity contribution in [2.24, 2.45) is 0 Å². The monoisotopic (exact) mass is 503 g/mol. The van der Waals surface area contributed by atoms with Crippen LogP contribution < -0.4 is 4.90 Å². The molecule has 3 heterocycles. The van der Waals surface area contributed by atoms with Crippen LogP contribution in [0.15, 0.2) is 50.5 Å². The minimum atomic E-state index is -0.763. The topological polar surface area (TPSA) is 72.9 Å². The Bertz CT molecular complexity index is 1140. The molecule has 33 heavy (non-hydrogen) atoms. The number of fused-ring (bicyclic) bond motifs is 3. The lowest BCUT2D eigenvalue weighted by Gasteiger charge is -2.49. The van der Waals surface area contributed by atoms with Crippen LogP contribution in [0.1, 0.15) is 40.2 Å². The lowest BCUT2D eigenvalue weighted by Crippen LogP contribution is -2.52. The summed E-state index contributed by atoms with van der Waals surface area (Å²) in [4.78, 5) is 41.8. The minimum absolute atomic E-state index is 0.0852. The van der Waals surface area contributed by atoms with Gasteiger partial charge in [0.15, 0.2) is 0 Å². The number of anilines is 1. The van der Waals surface area contributed by atoms with Crippen molar-refractivity contribution in [2.45, 2.75) is 44.2 Å². The van der Waals surface area contributed by atoms with Gasteiger partial charge in [0.05, 0.1) is 29.3 Å². The van der Waals surface area contributed by atoms with E-state index in [9.17, 15) is 14.4 Å². The number of hydrogen-bond donors (Lipinski definition) is 0. The highest BCUT2D eigenvalue weighted by molar-refractivity contribution is 8.25. The van der Waals surface area contributed by atoms with Crippen molar-refractivity contribution in [3.8, 4) is 0 Å². The number of benzene rings is 1. The zero-order chi connectivity index (χ0) is 24.0. The van der Waals surface area contributed by atoms with Crippen LogP contribution in [-0.2, 0) is 23.9 Å². The molecule has 1 aromatic rings. The summed E-state index contributed by atoms with van der Waals surface area (Å²) in [6.07, 6.45) is 1.89. The second kappa shape index (κ2) is 8.92. The molecular weight excluding hydrogens is 478 g/mol. The van der Waals surface area contributed by atoms with Gasteiger partial charge in [-0.2, -0.15) is 0 Å². The summed E-state index contributed by atoms with van der Waals surface area (Å²) in [5.74, 6) is -0.881. The Morgan fingerprint density at radius 1 is 1.00 bits per heavy atom. The van der Waals surface area contributed by atoms with Gasteiger partial charge in [-0.1, -0.05) is 41.7 Å². The summed E-state index contributed by atoms with van der Waals surface area (Å²) in [5, 5.41) is 1.80. The molecule has 3 aliphatic rings. The van der Waals surface area contributed by atoms with Crippen molar-refractivity contribution >= 4 is 64.4 Å². The average Bonchev–Trinajstić information content (AvgIpc) is 3.17. The lowest BCUT2D eigenvalue weighted by atomic mass is 9.85. The molecule has 6 nitrogen and oxygen atoms in total. The van der Waals surface area contributed by atoms with Gasteiger partial charge in [-0.3, -0.25) is 4.79 Å². The quantitative estimate of drug-likeness (QED) is 0.512. The van der Waals surface area contributed by atoms with E-state index in [0.717, 1.165) is 21.7 Å². The third-order valence-electron chi connectivity index (χ3n) is 5.51. The molecule has 0 saturated carbocycles. The Morgan fingerprint density at radius 3 is 2.27 bits per heavy atom. The molecule has 0 aliphatic carbocycles. The summed E-state index contributed by atoms with van der Waals surface area (Å²) in [5.41, 5.74) is 2.00. The van der Waals surface area contributed by atoms with E-state index < -0.39 is 15.6 Å². The fourth-order valence-electron chi connectivity index (χ4n) is 4.30. The number of rotatable bonds is 4. The number of esters is 2. The highest BCUT2D eigenvalue weighted by atomic mass is 32.2. The minimum Gasteiger partial charge on any atom is -0.462 e. The molecule has 1 unspecified atom stereocenters.